The monoisotopic (exact) mass is 392 g/mol. The van der Waals surface area contributed by atoms with Crippen LogP contribution >= 0.6 is 0 Å². The van der Waals surface area contributed by atoms with Crippen molar-refractivity contribution in [3.63, 3.8) is 0 Å². The molecule has 0 fully saturated rings. The Kier molecular flexibility index (Phi) is 7.61. The maximum absolute atomic E-state index is 13.8. The van der Waals surface area contributed by atoms with Crippen molar-refractivity contribution in [3.8, 4) is 11.5 Å². The summed E-state index contributed by atoms with van der Waals surface area (Å²) in [6, 6.07) is 3.20. The van der Waals surface area contributed by atoms with Gasteiger partial charge in [-0.3, -0.25) is 0 Å². The molecule has 2 aromatic rings. The zero-order valence-electron chi connectivity index (χ0n) is 16.4. The maximum Gasteiger partial charge on any atom is 0.372 e. The molecule has 0 saturated heterocycles. The molecule has 0 atom stereocenters. The Morgan fingerprint density at radius 2 is 1.86 bits per heavy atom. The SMILES string of the molecule is C=C(C)C(=O)OCCCCCCOc1cc(OC)c2c(C)c(F)c(=O)oc2c1. The number of rotatable bonds is 10. The number of fused-ring (bicyclic) bond motifs is 1. The number of carbonyl (C=O) groups excluding carboxylic acids is 1. The second kappa shape index (κ2) is 9.92. The lowest BCUT2D eigenvalue weighted by Gasteiger charge is -2.12. The average Bonchev–Trinajstić information content (AvgIpc) is 2.67. The number of methoxy groups -OCH3 is 1. The summed E-state index contributed by atoms with van der Waals surface area (Å²) in [4.78, 5) is 22.8. The second-order valence-corrected chi connectivity index (χ2v) is 6.51. The zero-order valence-corrected chi connectivity index (χ0v) is 16.4. The van der Waals surface area contributed by atoms with Crippen LogP contribution in [-0.2, 0) is 9.53 Å². The molecule has 0 spiro atoms. The van der Waals surface area contributed by atoms with Gasteiger partial charge in [-0.25, -0.2) is 9.59 Å². The predicted molar refractivity (Wildman–Crippen MR) is 103 cm³/mol. The molecule has 7 heteroatoms. The van der Waals surface area contributed by atoms with E-state index in [2.05, 4.69) is 6.58 Å². The van der Waals surface area contributed by atoms with Gasteiger partial charge >= 0.3 is 11.6 Å². The van der Waals surface area contributed by atoms with Gasteiger partial charge in [0, 0.05) is 23.3 Å². The molecule has 0 unspecified atom stereocenters. The van der Waals surface area contributed by atoms with Crippen LogP contribution in [0.2, 0.25) is 0 Å². The zero-order chi connectivity index (χ0) is 20.7. The van der Waals surface area contributed by atoms with E-state index < -0.39 is 11.4 Å². The lowest BCUT2D eigenvalue weighted by atomic mass is 10.1. The summed E-state index contributed by atoms with van der Waals surface area (Å²) < 4.78 is 34.9. The molecular weight excluding hydrogens is 367 g/mol. The van der Waals surface area contributed by atoms with Crippen molar-refractivity contribution < 1.29 is 27.8 Å². The summed E-state index contributed by atoms with van der Waals surface area (Å²) in [6.45, 7) is 7.49. The Balaban J connectivity index is 1.86. The molecule has 6 nitrogen and oxygen atoms in total. The Labute approximate surface area is 162 Å². The van der Waals surface area contributed by atoms with Crippen LogP contribution in [0.1, 0.15) is 38.2 Å². The highest BCUT2D eigenvalue weighted by Crippen LogP contribution is 2.33. The van der Waals surface area contributed by atoms with Crippen LogP contribution in [0.5, 0.6) is 11.5 Å². The van der Waals surface area contributed by atoms with Gasteiger partial charge in [0.1, 0.15) is 17.1 Å². The number of carbonyl (C=O) groups is 1. The largest absolute Gasteiger partial charge is 0.496 e. The summed E-state index contributed by atoms with van der Waals surface area (Å²) in [5.41, 5.74) is -0.218. The Hall–Kier alpha value is -2.83. The number of halogens is 1. The molecule has 28 heavy (non-hydrogen) atoms. The number of benzene rings is 1. The third kappa shape index (κ3) is 5.34. The lowest BCUT2D eigenvalue weighted by molar-refractivity contribution is -0.139. The minimum atomic E-state index is -1.02. The van der Waals surface area contributed by atoms with E-state index in [1.165, 1.54) is 14.0 Å². The molecule has 0 aliphatic heterocycles. The van der Waals surface area contributed by atoms with Crippen LogP contribution in [0.25, 0.3) is 11.0 Å². The van der Waals surface area contributed by atoms with Crippen molar-refractivity contribution in [2.45, 2.75) is 39.5 Å². The van der Waals surface area contributed by atoms with E-state index in [1.54, 1.807) is 19.1 Å². The third-order valence-electron chi connectivity index (χ3n) is 4.23. The molecule has 2 rings (SSSR count). The van der Waals surface area contributed by atoms with Crippen LogP contribution in [0.3, 0.4) is 0 Å². The van der Waals surface area contributed by atoms with Crippen molar-refractivity contribution in [1.29, 1.82) is 0 Å². The van der Waals surface area contributed by atoms with Gasteiger partial charge in [0.05, 0.1) is 25.7 Å². The number of aryl methyl sites for hydroxylation is 1. The highest BCUT2D eigenvalue weighted by molar-refractivity contribution is 5.88. The number of hydrogen-bond acceptors (Lipinski definition) is 6. The van der Waals surface area contributed by atoms with E-state index in [4.69, 9.17) is 18.6 Å². The molecule has 0 radical (unpaired) electrons. The highest BCUT2D eigenvalue weighted by Gasteiger charge is 2.16. The van der Waals surface area contributed by atoms with Crippen molar-refractivity contribution in [1.82, 2.24) is 0 Å². The molecule has 1 aromatic carbocycles. The minimum Gasteiger partial charge on any atom is -0.496 e. The second-order valence-electron chi connectivity index (χ2n) is 6.51. The van der Waals surface area contributed by atoms with Crippen LogP contribution in [0.4, 0.5) is 4.39 Å². The summed E-state index contributed by atoms with van der Waals surface area (Å²) in [5.74, 6) is -0.426. The fourth-order valence-corrected chi connectivity index (χ4v) is 2.70. The number of unbranched alkanes of at least 4 members (excludes halogenated alkanes) is 3. The van der Waals surface area contributed by atoms with Crippen molar-refractivity contribution in [3.05, 3.63) is 46.1 Å². The van der Waals surface area contributed by atoms with Gasteiger partial charge in [0.25, 0.3) is 0 Å². The quantitative estimate of drug-likeness (QED) is 0.260. The van der Waals surface area contributed by atoms with E-state index in [0.717, 1.165) is 25.7 Å². The lowest BCUT2D eigenvalue weighted by Crippen LogP contribution is -2.08. The molecule has 152 valence electrons. The number of esters is 1. The van der Waals surface area contributed by atoms with Crippen molar-refractivity contribution in [2.24, 2.45) is 0 Å². The van der Waals surface area contributed by atoms with Gasteiger partial charge in [0.15, 0.2) is 0 Å². The average molecular weight is 392 g/mol. The first-order chi connectivity index (χ1) is 13.3. The first kappa shape index (κ1) is 21.5. The molecule has 0 bridgehead atoms. The molecule has 0 N–H and O–H groups in total. The number of ether oxygens (including phenoxy) is 3. The Bertz CT molecular complexity index is 915. The molecule has 0 aliphatic carbocycles. The molecule has 0 saturated carbocycles. The molecule has 0 amide bonds. The Morgan fingerprint density at radius 3 is 2.50 bits per heavy atom. The molecule has 1 heterocycles. The first-order valence-electron chi connectivity index (χ1n) is 9.11. The third-order valence-corrected chi connectivity index (χ3v) is 4.23. The predicted octanol–water partition coefficient (Wildman–Crippen LogP) is 4.31. The summed E-state index contributed by atoms with van der Waals surface area (Å²) in [5, 5.41) is 0.413. The molecule has 1 aromatic heterocycles. The van der Waals surface area contributed by atoms with Gasteiger partial charge < -0.3 is 18.6 Å². The first-order valence-corrected chi connectivity index (χ1v) is 9.11. The van der Waals surface area contributed by atoms with Crippen molar-refractivity contribution >= 4 is 16.9 Å². The normalized spacial score (nSPS) is 10.7. The summed E-state index contributed by atoms with van der Waals surface area (Å²) >= 11 is 0. The topological polar surface area (TPSA) is 75.0 Å². The van der Waals surface area contributed by atoms with Crippen molar-refractivity contribution in [2.75, 3.05) is 20.3 Å². The van der Waals surface area contributed by atoms with Gasteiger partial charge in [-0.1, -0.05) is 6.58 Å². The van der Waals surface area contributed by atoms with Crippen LogP contribution in [0, 0.1) is 12.7 Å². The number of hydrogen-bond donors (Lipinski definition) is 0. The Morgan fingerprint density at radius 1 is 1.18 bits per heavy atom. The van der Waals surface area contributed by atoms with Crippen LogP contribution in [0.15, 0.2) is 33.5 Å². The van der Waals surface area contributed by atoms with E-state index >= 15 is 0 Å². The summed E-state index contributed by atoms with van der Waals surface area (Å²) in [6.07, 6.45) is 3.40. The fourth-order valence-electron chi connectivity index (χ4n) is 2.70. The van der Waals surface area contributed by atoms with Crippen LogP contribution in [-0.4, -0.2) is 26.3 Å². The van der Waals surface area contributed by atoms with Gasteiger partial charge in [-0.05, 0) is 39.5 Å². The highest BCUT2D eigenvalue weighted by atomic mass is 19.1. The van der Waals surface area contributed by atoms with Gasteiger partial charge in [-0.15, -0.1) is 0 Å². The van der Waals surface area contributed by atoms with E-state index in [9.17, 15) is 14.0 Å². The smallest absolute Gasteiger partial charge is 0.372 e. The summed E-state index contributed by atoms with van der Waals surface area (Å²) in [7, 11) is 1.46. The maximum atomic E-state index is 13.8. The van der Waals surface area contributed by atoms with Gasteiger partial charge in [-0.2, -0.15) is 4.39 Å². The minimum absolute atomic E-state index is 0.182. The van der Waals surface area contributed by atoms with E-state index in [1.807, 2.05) is 0 Å². The van der Waals surface area contributed by atoms with Gasteiger partial charge in [0.2, 0.25) is 5.82 Å². The standard InChI is InChI=1S/C21H25FO6/c1-13(2)20(23)27-10-8-6-5-7-9-26-15-11-16(25-4)18-14(3)19(22)21(24)28-17(18)12-15/h11-12H,1,5-10H2,2-4H3. The fraction of sp³-hybridized carbons (Fsp3) is 0.429. The van der Waals surface area contributed by atoms with Crippen LogP contribution < -0.4 is 15.1 Å². The molecule has 0 aliphatic rings. The van der Waals surface area contributed by atoms with E-state index in [0.29, 0.717) is 35.7 Å². The van der Waals surface area contributed by atoms with E-state index in [-0.39, 0.29) is 17.1 Å². The molecular formula is C21H25FO6.